The Labute approximate surface area is 214 Å². The van der Waals surface area contributed by atoms with Crippen LogP contribution in [0, 0.1) is 20.8 Å². The molecule has 1 aliphatic rings. The number of rotatable bonds is 5. The van der Waals surface area contributed by atoms with Crippen LogP contribution in [0.25, 0.3) is 0 Å². The summed E-state index contributed by atoms with van der Waals surface area (Å²) in [5, 5.41) is 5.97. The zero-order valence-electron chi connectivity index (χ0n) is 19.2. The first-order chi connectivity index (χ1) is 16.5. The minimum absolute atomic E-state index is 0.107. The van der Waals surface area contributed by atoms with Crippen LogP contribution < -0.4 is 14.9 Å². The average molecular weight is 532 g/mol. The number of hydrogen-bond acceptors (Lipinski definition) is 4. The maximum Gasteiger partial charge on any atom is 0.265 e. The molecule has 0 fully saturated rings. The van der Waals surface area contributed by atoms with Crippen molar-refractivity contribution in [2.24, 2.45) is 0 Å². The van der Waals surface area contributed by atoms with E-state index >= 15 is 0 Å². The molecular weight excluding hydrogens is 509 g/mol. The van der Waals surface area contributed by atoms with Crippen molar-refractivity contribution < 1.29 is 18.0 Å². The number of nitrogens with one attached hydrogen (secondary N) is 2. The standard InChI is InChI=1S/C25H23Cl2N3O4S/c1-14-10-15(2)24(16(3)11-14)35(33,34)30-21-7-5-4-6-19(21)29-25(32)22(30)13-23(31)28-20-12-17(26)8-9-18(20)27/h4-12,22H,13H2,1-3H3,(H,28,31)(H,29,32). The second-order valence-corrected chi connectivity index (χ2v) is 11.0. The first kappa shape index (κ1) is 25.0. The topological polar surface area (TPSA) is 95.6 Å². The van der Waals surface area contributed by atoms with Crippen molar-refractivity contribution in [2.75, 3.05) is 14.9 Å². The van der Waals surface area contributed by atoms with Crippen molar-refractivity contribution in [3.8, 4) is 0 Å². The Kier molecular flexibility index (Phi) is 6.81. The maximum absolute atomic E-state index is 14.1. The molecule has 3 aromatic rings. The lowest BCUT2D eigenvalue weighted by atomic mass is 10.1. The van der Waals surface area contributed by atoms with Crippen molar-refractivity contribution in [1.82, 2.24) is 0 Å². The summed E-state index contributed by atoms with van der Waals surface area (Å²) < 4.78 is 29.2. The Bertz CT molecular complexity index is 1430. The number of halogens is 2. The number of benzene rings is 3. The summed E-state index contributed by atoms with van der Waals surface area (Å²) in [6.07, 6.45) is -0.438. The lowest BCUT2D eigenvalue weighted by molar-refractivity contribution is -0.122. The molecule has 0 radical (unpaired) electrons. The van der Waals surface area contributed by atoms with Gasteiger partial charge < -0.3 is 10.6 Å². The van der Waals surface area contributed by atoms with E-state index in [1.807, 2.05) is 6.92 Å². The molecule has 3 aromatic carbocycles. The number of fused-ring (bicyclic) bond motifs is 1. The van der Waals surface area contributed by atoms with Crippen molar-refractivity contribution in [1.29, 1.82) is 0 Å². The Morgan fingerprint density at radius 1 is 1.03 bits per heavy atom. The molecule has 0 saturated heterocycles. The first-order valence-corrected chi connectivity index (χ1v) is 13.0. The average Bonchev–Trinajstić information content (AvgIpc) is 2.75. The van der Waals surface area contributed by atoms with E-state index < -0.39 is 34.3 Å². The monoisotopic (exact) mass is 531 g/mol. The number of hydrogen-bond donors (Lipinski definition) is 2. The molecule has 2 amide bonds. The predicted octanol–water partition coefficient (Wildman–Crippen LogP) is 5.46. The van der Waals surface area contributed by atoms with Crippen LogP contribution in [0.3, 0.4) is 0 Å². The molecule has 1 atom stereocenters. The molecule has 4 rings (SSSR count). The normalized spacial score (nSPS) is 15.4. The molecule has 35 heavy (non-hydrogen) atoms. The highest BCUT2D eigenvalue weighted by Gasteiger charge is 2.43. The molecule has 0 saturated carbocycles. The number of amides is 2. The minimum Gasteiger partial charge on any atom is -0.325 e. The van der Waals surface area contributed by atoms with Gasteiger partial charge in [0.1, 0.15) is 6.04 Å². The summed E-state index contributed by atoms with van der Waals surface area (Å²) in [6.45, 7) is 5.31. The molecule has 0 aliphatic carbocycles. The summed E-state index contributed by atoms with van der Waals surface area (Å²) in [4.78, 5) is 26.2. The van der Waals surface area contributed by atoms with Gasteiger partial charge >= 0.3 is 0 Å². The lowest BCUT2D eigenvalue weighted by Crippen LogP contribution is -2.52. The molecule has 2 N–H and O–H groups in total. The van der Waals surface area contributed by atoms with Gasteiger partial charge in [-0.15, -0.1) is 0 Å². The zero-order valence-corrected chi connectivity index (χ0v) is 21.6. The van der Waals surface area contributed by atoms with E-state index in [0.717, 1.165) is 9.87 Å². The number of anilines is 3. The Morgan fingerprint density at radius 3 is 2.37 bits per heavy atom. The predicted molar refractivity (Wildman–Crippen MR) is 139 cm³/mol. The molecule has 10 heteroatoms. The van der Waals surface area contributed by atoms with Gasteiger partial charge in [-0.25, -0.2) is 8.42 Å². The van der Waals surface area contributed by atoms with Crippen molar-refractivity contribution in [3.05, 3.63) is 81.3 Å². The van der Waals surface area contributed by atoms with Gasteiger partial charge in [0.2, 0.25) is 11.8 Å². The third-order valence-electron chi connectivity index (χ3n) is 5.69. The van der Waals surface area contributed by atoms with E-state index in [4.69, 9.17) is 23.2 Å². The van der Waals surface area contributed by atoms with Crippen LogP contribution in [0.4, 0.5) is 17.1 Å². The number of carbonyl (C=O) groups is 2. The van der Waals surface area contributed by atoms with E-state index in [-0.39, 0.29) is 21.3 Å². The minimum atomic E-state index is -4.22. The van der Waals surface area contributed by atoms with E-state index in [2.05, 4.69) is 10.6 Å². The fraction of sp³-hybridized carbons (Fsp3) is 0.200. The second-order valence-electron chi connectivity index (χ2n) is 8.43. The Balaban J connectivity index is 1.78. The first-order valence-electron chi connectivity index (χ1n) is 10.8. The molecule has 1 unspecified atom stereocenters. The van der Waals surface area contributed by atoms with Crippen molar-refractivity contribution in [3.63, 3.8) is 0 Å². The van der Waals surface area contributed by atoms with Gasteiger partial charge in [0.05, 0.1) is 33.4 Å². The van der Waals surface area contributed by atoms with Gasteiger partial charge in [0, 0.05) is 5.02 Å². The van der Waals surface area contributed by atoms with Gasteiger partial charge in [-0.05, 0) is 62.2 Å². The van der Waals surface area contributed by atoms with Crippen LogP contribution in [0.5, 0.6) is 0 Å². The van der Waals surface area contributed by atoms with Crippen LogP contribution in [-0.2, 0) is 19.6 Å². The van der Waals surface area contributed by atoms with Crippen LogP contribution in [0.15, 0.2) is 59.5 Å². The van der Waals surface area contributed by atoms with Gasteiger partial charge in [-0.3, -0.25) is 13.9 Å². The van der Waals surface area contributed by atoms with E-state index in [0.29, 0.717) is 21.8 Å². The fourth-order valence-corrected chi connectivity index (χ4v) is 6.77. The van der Waals surface area contributed by atoms with Crippen molar-refractivity contribution in [2.45, 2.75) is 38.1 Å². The second kappa shape index (κ2) is 9.53. The highest BCUT2D eigenvalue weighted by atomic mass is 35.5. The number of carbonyl (C=O) groups excluding carboxylic acids is 2. The summed E-state index contributed by atoms with van der Waals surface area (Å²) in [6, 6.07) is 13.4. The van der Waals surface area contributed by atoms with E-state index in [1.54, 1.807) is 56.3 Å². The number of para-hydroxylation sites is 2. The SMILES string of the molecule is Cc1cc(C)c(S(=O)(=O)N2c3ccccc3NC(=O)C2CC(=O)Nc2cc(Cl)ccc2Cl)c(C)c1. The Morgan fingerprint density at radius 2 is 1.69 bits per heavy atom. The third-order valence-corrected chi connectivity index (χ3v) is 8.38. The largest absolute Gasteiger partial charge is 0.325 e. The van der Waals surface area contributed by atoms with Crippen LogP contribution in [0.1, 0.15) is 23.1 Å². The highest BCUT2D eigenvalue weighted by molar-refractivity contribution is 7.93. The summed E-state index contributed by atoms with van der Waals surface area (Å²) in [7, 11) is -4.22. The zero-order chi connectivity index (χ0) is 25.5. The van der Waals surface area contributed by atoms with Gasteiger partial charge in [-0.2, -0.15) is 0 Å². The van der Waals surface area contributed by atoms with Crippen LogP contribution in [0.2, 0.25) is 10.0 Å². The van der Waals surface area contributed by atoms with E-state index in [1.165, 1.54) is 12.1 Å². The maximum atomic E-state index is 14.1. The van der Waals surface area contributed by atoms with Gasteiger partial charge in [0.25, 0.3) is 10.0 Å². The smallest absolute Gasteiger partial charge is 0.265 e. The van der Waals surface area contributed by atoms with Crippen molar-refractivity contribution >= 4 is 62.1 Å². The van der Waals surface area contributed by atoms with Gasteiger partial charge in [0.15, 0.2) is 0 Å². The molecule has 0 spiro atoms. The number of nitrogens with zero attached hydrogens (tertiary/aromatic N) is 1. The molecular formula is C25H23Cl2N3O4S. The molecule has 0 bridgehead atoms. The Hall–Kier alpha value is -3.07. The van der Waals surface area contributed by atoms with E-state index in [9.17, 15) is 18.0 Å². The summed E-state index contributed by atoms with van der Waals surface area (Å²) in [5.74, 6) is -1.20. The molecule has 182 valence electrons. The number of sulfonamides is 1. The highest BCUT2D eigenvalue weighted by Crippen LogP contribution is 2.39. The fourth-order valence-electron chi connectivity index (χ4n) is 4.38. The van der Waals surface area contributed by atoms with Gasteiger partial charge in [-0.1, -0.05) is 53.0 Å². The van der Waals surface area contributed by atoms with Crippen LogP contribution in [-0.4, -0.2) is 26.3 Å². The quantitative estimate of drug-likeness (QED) is 0.456. The van der Waals surface area contributed by atoms with Crippen LogP contribution >= 0.6 is 23.2 Å². The molecule has 0 aromatic heterocycles. The molecule has 1 heterocycles. The lowest BCUT2D eigenvalue weighted by Gasteiger charge is -2.37. The summed E-state index contributed by atoms with van der Waals surface area (Å²) in [5.41, 5.74) is 2.92. The molecule has 7 nitrogen and oxygen atoms in total. The molecule has 1 aliphatic heterocycles. The summed E-state index contributed by atoms with van der Waals surface area (Å²) >= 11 is 12.2. The third kappa shape index (κ3) is 4.87. The number of aryl methyl sites for hydroxylation is 3.